The summed E-state index contributed by atoms with van der Waals surface area (Å²) in [5.41, 5.74) is 4.94. The van der Waals surface area contributed by atoms with E-state index in [4.69, 9.17) is 27.1 Å². The van der Waals surface area contributed by atoms with Gasteiger partial charge in [-0.05, 0) is 98.6 Å². The molecule has 6 rings (SSSR count). The smallest absolute Gasteiger partial charge is 0.273 e. The Labute approximate surface area is 577 Å². The summed E-state index contributed by atoms with van der Waals surface area (Å²) in [6, 6.07) is 5.07. The van der Waals surface area contributed by atoms with Gasteiger partial charge in [0.25, 0.3) is 35.4 Å². The fraction of sp³-hybridized carbons (Fsp3) is 0.662. The summed E-state index contributed by atoms with van der Waals surface area (Å²) >= 11 is 0. The molecule has 0 saturated heterocycles. The minimum Gasteiger partial charge on any atom is -0.361 e. The number of amides is 6. The third kappa shape index (κ3) is 34.2. The summed E-state index contributed by atoms with van der Waals surface area (Å²) in [6.07, 6.45) is 17.2. The van der Waals surface area contributed by atoms with Crippen LogP contribution in [0.15, 0.2) is 45.3 Å². The summed E-state index contributed by atoms with van der Waals surface area (Å²) < 4.78 is 30.1. The Kier molecular flexibility index (Phi) is 47.6. The molecule has 0 aliphatic carbocycles. The quantitative estimate of drug-likeness (QED) is 0.0196. The van der Waals surface area contributed by atoms with Gasteiger partial charge >= 0.3 is 0 Å². The first kappa shape index (κ1) is 87.0. The van der Waals surface area contributed by atoms with Crippen molar-refractivity contribution in [1.82, 2.24) is 72.6 Å². The van der Waals surface area contributed by atoms with Crippen LogP contribution >= 0.6 is 0 Å². The van der Waals surface area contributed by atoms with E-state index in [9.17, 15) is 28.8 Å². The van der Waals surface area contributed by atoms with E-state index < -0.39 is 0 Å². The molecule has 0 fully saturated rings. The Balaban J connectivity index is 0.000000584. The van der Waals surface area contributed by atoms with E-state index in [0.29, 0.717) is 73.4 Å². The van der Waals surface area contributed by atoms with Crippen LogP contribution in [0.2, 0.25) is 0 Å². The van der Waals surface area contributed by atoms with Gasteiger partial charge in [0.1, 0.15) is 34.6 Å². The van der Waals surface area contributed by atoms with Gasteiger partial charge in [-0.25, -0.2) is 0 Å². The number of aromatic nitrogens is 6. The van der Waals surface area contributed by atoms with E-state index in [1.54, 1.807) is 18.2 Å². The normalized spacial score (nSPS) is 10.5. The molecule has 6 amide bonds. The van der Waals surface area contributed by atoms with Crippen molar-refractivity contribution >= 4 is 35.4 Å². The van der Waals surface area contributed by atoms with Crippen molar-refractivity contribution < 1.29 is 55.9 Å². The van der Waals surface area contributed by atoms with Crippen LogP contribution in [0.4, 0.5) is 0 Å². The number of carbonyl (C=O) groups is 6. The molecule has 0 spiro atoms. The molecule has 6 N–H and O–H groups in total. The maximum atomic E-state index is 11.9. The molecule has 0 radical (unpaired) electrons. The molecule has 26 heteroatoms. The van der Waals surface area contributed by atoms with Crippen LogP contribution in [-0.4, -0.2) is 155 Å². The number of unbranched alkanes of at least 4 members (excludes halogenated alkanes) is 6. The van der Waals surface area contributed by atoms with E-state index in [2.05, 4.69) is 128 Å². The number of aryl methyl sites for hydroxylation is 6. The summed E-state index contributed by atoms with van der Waals surface area (Å²) in [6.45, 7) is 44.8. The SMILES string of the molecule is CCCCCNC(=O)c1cc(CC)on1.CCCCCNC(=O)c1noc(CC)c1C.CCCCNC(=O)c1cc(CC)on1.CCCCNC(=O)c1noc(CC)c1C.CCc1cc(C(=O)NCCCN(CC)CC)no1.CCc1onc(C(=O)NCCCN(CC)CC)c1C. The molecule has 0 bridgehead atoms. The van der Waals surface area contributed by atoms with Crippen molar-refractivity contribution in [2.75, 3.05) is 78.5 Å². The molecule has 26 nitrogen and oxygen atoms in total. The minimum absolute atomic E-state index is 0.128. The highest BCUT2D eigenvalue weighted by atomic mass is 16.5. The monoisotopic (exact) mass is 1360 g/mol. The zero-order valence-electron chi connectivity index (χ0n) is 61.9. The summed E-state index contributed by atoms with van der Waals surface area (Å²) in [4.78, 5) is 74.6. The first-order chi connectivity index (χ1) is 46.8. The van der Waals surface area contributed by atoms with Crippen LogP contribution in [-0.2, 0) is 38.5 Å². The van der Waals surface area contributed by atoms with E-state index in [-0.39, 0.29) is 35.4 Å². The molecule has 0 aliphatic rings. The summed E-state index contributed by atoms with van der Waals surface area (Å²) in [5, 5.41) is 39.5. The first-order valence-electron chi connectivity index (χ1n) is 35.7. The number of hydrogen-bond donors (Lipinski definition) is 6. The molecule has 0 saturated carbocycles. The number of nitrogens with zero attached hydrogens (tertiary/aromatic N) is 8. The fourth-order valence-electron chi connectivity index (χ4n) is 9.02. The van der Waals surface area contributed by atoms with Gasteiger partial charge in [-0.3, -0.25) is 28.8 Å². The van der Waals surface area contributed by atoms with Crippen LogP contribution in [0.3, 0.4) is 0 Å². The van der Waals surface area contributed by atoms with Crippen molar-refractivity contribution in [2.45, 2.75) is 233 Å². The van der Waals surface area contributed by atoms with E-state index >= 15 is 0 Å². The predicted molar refractivity (Wildman–Crippen MR) is 377 cm³/mol. The Morgan fingerprint density at radius 3 is 0.773 bits per heavy atom. The molecule has 97 heavy (non-hydrogen) atoms. The van der Waals surface area contributed by atoms with Gasteiger partial charge in [-0.1, -0.05) is 166 Å². The maximum absolute atomic E-state index is 11.9. The lowest BCUT2D eigenvalue weighted by Gasteiger charge is -2.17. The minimum atomic E-state index is -0.155. The summed E-state index contributed by atoms with van der Waals surface area (Å²) in [7, 11) is 0. The van der Waals surface area contributed by atoms with Gasteiger partial charge in [-0.2, -0.15) is 0 Å². The highest BCUT2D eigenvalue weighted by molar-refractivity contribution is 5.95. The molecule has 6 aromatic rings. The van der Waals surface area contributed by atoms with Crippen molar-refractivity contribution in [2.24, 2.45) is 0 Å². The van der Waals surface area contributed by atoms with Crippen LogP contribution in [0, 0.1) is 20.8 Å². The third-order valence-corrected chi connectivity index (χ3v) is 15.5. The Bertz CT molecular complexity index is 3080. The van der Waals surface area contributed by atoms with Gasteiger partial charge in [0.2, 0.25) is 0 Å². The molecular weight excluding hydrogens is 1240 g/mol. The molecular formula is C71H120N14O12. The van der Waals surface area contributed by atoms with E-state index in [0.717, 1.165) is 206 Å². The Morgan fingerprint density at radius 1 is 0.309 bits per heavy atom. The van der Waals surface area contributed by atoms with Crippen molar-refractivity contribution in [3.63, 3.8) is 0 Å². The number of rotatable bonds is 38. The predicted octanol–water partition coefficient (Wildman–Crippen LogP) is 12.2. The standard InChI is InChI=1S/C14H25N3O2.C13H23N3O2.C12H20N2O2.2C11H18N2O2.C10H16N2O2/c1-5-12-11(4)13(16-19-12)14(18)15-9-8-10-17(6-2)7-3;1-4-11-10-12(15-18-11)13(17)14-8-7-9-16(5-2)6-3;1-4-6-7-8-13-12(15)11-9(3)10(5-2)16-14-11;1-4-6-7-12-11(14)10-8(3)9(5-2)15-13-10;1-3-5-6-7-12-11(14)10-8-9(4-2)15-13-10;1-3-5-6-11-10(13)9-7-8(4-2)14-12-9/h5-10H2,1-4H3,(H,15,18);10H,4-9H2,1-3H3,(H,14,17);4-8H2,1-3H3,(H,13,15);4-7H2,1-3H3,(H,12,14);8H,3-7H2,1-2H3,(H,12,14);7H,3-6H2,1-2H3,(H,11,13). The van der Waals surface area contributed by atoms with E-state index in [1.165, 1.54) is 0 Å². The maximum Gasteiger partial charge on any atom is 0.273 e. The van der Waals surface area contributed by atoms with Gasteiger partial charge in [-0.15, -0.1) is 0 Å². The fourth-order valence-corrected chi connectivity index (χ4v) is 9.02. The molecule has 0 aliphatic heterocycles. The van der Waals surface area contributed by atoms with Crippen LogP contribution < -0.4 is 31.9 Å². The van der Waals surface area contributed by atoms with E-state index in [1.807, 2.05) is 62.3 Å². The molecule has 0 unspecified atom stereocenters. The highest BCUT2D eigenvalue weighted by Crippen LogP contribution is 2.16. The Hall–Kier alpha value is -8.00. The average Bonchev–Trinajstić information content (AvgIpc) is 1.96. The summed E-state index contributed by atoms with van der Waals surface area (Å²) in [5.74, 6) is 3.74. The molecule has 0 aromatic carbocycles. The zero-order chi connectivity index (χ0) is 72.3. The topological polar surface area (TPSA) is 337 Å². The molecule has 0 atom stereocenters. The second kappa shape index (κ2) is 53.1. The Morgan fingerprint density at radius 2 is 0.557 bits per heavy atom. The second-order valence-electron chi connectivity index (χ2n) is 22.8. The highest BCUT2D eigenvalue weighted by Gasteiger charge is 2.20. The number of nitrogens with one attached hydrogen (secondary N) is 6. The van der Waals surface area contributed by atoms with Gasteiger partial charge in [0, 0.05) is 113 Å². The average molecular weight is 1360 g/mol. The zero-order valence-corrected chi connectivity index (χ0v) is 61.9. The van der Waals surface area contributed by atoms with Crippen molar-refractivity contribution in [3.8, 4) is 0 Å². The van der Waals surface area contributed by atoms with Crippen molar-refractivity contribution in [1.29, 1.82) is 0 Å². The molecule has 6 heterocycles. The molecule has 6 aromatic heterocycles. The largest absolute Gasteiger partial charge is 0.361 e. The lowest BCUT2D eigenvalue weighted by atomic mass is 10.1. The number of carbonyl (C=O) groups excluding carboxylic acids is 6. The second-order valence-corrected chi connectivity index (χ2v) is 22.8. The first-order valence-corrected chi connectivity index (χ1v) is 35.7. The van der Waals surface area contributed by atoms with Crippen LogP contribution in [0.25, 0.3) is 0 Å². The van der Waals surface area contributed by atoms with Gasteiger partial charge in [0.15, 0.2) is 34.2 Å². The third-order valence-electron chi connectivity index (χ3n) is 15.5. The lowest BCUT2D eigenvalue weighted by molar-refractivity contribution is 0.0934. The lowest BCUT2D eigenvalue weighted by Crippen LogP contribution is -2.30. The van der Waals surface area contributed by atoms with Gasteiger partial charge in [0.05, 0.1) is 0 Å². The van der Waals surface area contributed by atoms with Crippen LogP contribution in [0.5, 0.6) is 0 Å². The molecule has 546 valence electrons. The van der Waals surface area contributed by atoms with Crippen molar-refractivity contribution in [3.05, 3.63) is 104 Å². The number of hydrogen-bond acceptors (Lipinski definition) is 20. The van der Waals surface area contributed by atoms with Crippen LogP contribution in [0.1, 0.15) is 288 Å². The van der Waals surface area contributed by atoms with Gasteiger partial charge < -0.3 is 68.8 Å².